The molecule has 8 nitrogen and oxygen atoms in total. The van der Waals surface area contributed by atoms with Crippen LogP contribution in [0.15, 0.2) is 53.5 Å². The highest BCUT2D eigenvalue weighted by Gasteiger charge is 2.19. The maximum Gasteiger partial charge on any atom is 0.268 e. The van der Waals surface area contributed by atoms with E-state index >= 15 is 0 Å². The van der Waals surface area contributed by atoms with Gasteiger partial charge in [0, 0.05) is 24.0 Å². The largest absolute Gasteiger partial charge is 0.504 e. The van der Waals surface area contributed by atoms with Crippen LogP contribution in [0.25, 0.3) is 5.69 Å². The molecule has 2 aromatic carbocycles. The number of pyridine rings is 1. The van der Waals surface area contributed by atoms with E-state index in [2.05, 4.69) is 5.32 Å². The lowest BCUT2D eigenvalue weighted by Gasteiger charge is -2.12. The second-order valence-corrected chi connectivity index (χ2v) is 6.43. The van der Waals surface area contributed by atoms with Gasteiger partial charge in [0.1, 0.15) is 5.56 Å². The summed E-state index contributed by atoms with van der Waals surface area (Å²) in [4.78, 5) is 25.9. The number of anilines is 1. The number of benzene rings is 2. The van der Waals surface area contributed by atoms with E-state index < -0.39 is 11.5 Å². The number of aromatic hydroxyl groups is 1. The van der Waals surface area contributed by atoms with Gasteiger partial charge in [0.05, 0.1) is 12.8 Å². The first kappa shape index (κ1) is 18.4. The molecule has 148 valence electrons. The van der Waals surface area contributed by atoms with E-state index in [1.54, 1.807) is 37.4 Å². The molecule has 0 radical (unpaired) electrons. The molecule has 0 aliphatic carbocycles. The fourth-order valence-corrected chi connectivity index (χ4v) is 3.09. The van der Waals surface area contributed by atoms with Crippen molar-refractivity contribution < 1.29 is 24.1 Å². The molecule has 2 N–H and O–H groups in total. The molecule has 0 bridgehead atoms. The zero-order valence-electron chi connectivity index (χ0n) is 15.8. The number of nitrogens with zero attached hydrogens (tertiary/aromatic N) is 1. The third-order valence-electron chi connectivity index (χ3n) is 4.60. The molecule has 1 amide bonds. The number of rotatable bonds is 4. The number of phenols is 1. The standard InChI is InChI=1S/C21H18N2O6/c1-12-7-8-23(14-4-6-16-18(10-14)29-11-28-16)21(26)19(12)20(25)22-13-3-5-15(24)17(9-13)27-2/h3-10,24H,11H2,1-2H3,(H,22,25). The summed E-state index contributed by atoms with van der Waals surface area (Å²) in [7, 11) is 1.41. The van der Waals surface area contributed by atoms with Gasteiger partial charge in [-0.3, -0.25) is 14.2 Å². The molecular formula is C21H18N2O6. The molecule has 4 rings (SSSR count). The molecule has 0 unspecified atom stereocenters. The van der Waals surface area contributed by atoms with Crippen molar-refractivity contribution in [1.82, 2.24) is 4.57 Å². The Balaban J connectivity index is 1.70. The van der Waals surface area contributed by atoms with Crippen LogP contribution in [0.3, 0.4) is 0 Å². The zero-order chi connectivity index (χ0) is 20.5. The van der Waals surface area contributed by atoms with Crippen LogP contribution >= 0.6 is 0 Å². The van der Waals surface area contributed by atoms with Gasteiger partial charge in [-0.1, -0.05) is 0 Å². The Morgan fingerprint density at radius 3 is 2.72 bits per heavy atom. The molecule has 1 aliphatic rings. The smallest absolute Gasteiger partial charge is 0.268 e. The second kappa shape index (κ2) is 7.23. The summed E-state index contributed by atoms with van der Waals surface area (Å²) < 4.78 is 17.1. The molecule has 29 heavy (non-hydrogen) atoms. The van der Waals surface area contributed by atoms with Gasteiger partial charge in [0.2, 0.25) is 6.79 Å². The van der Waals surface area contributed by atoms with Crippen LogP contribution in [0, 0.1) is 6.92 Å². The first-order chi connectivity index (χ1) is 14.0. The maximum absolute atomic E-state index is 13.1. The number of carbonyl (C=O) groups excluding carboxylic acids is 1. The fourth-order valence-electron chi connectivity index (χ4n) is 3.09. The van der Waals surface area contributed by atoms with Gasteiger partial charge in [-0.15, -0.1) is 0 Å². The van der Waals surface area contributed by atoms with Gasteiger partial charge in [0.25, 0.3) is 11.5 Å². The number of ether oxygens (including phenoxy) is 3. The Hall–Kier alpha value is -3.94. The number of aromatic nitrogens is 1. The number of phenolic OH excluding ortho intramolecular Hbond substituents is 1. The minimum atomic E-state index is -0.560. The van der Waals surface area contributed by atoms with E-state index in [9.17, 15) is 14.7 Å². The lowest BCUT2D eigenvalue weighted by atomic mass is 10.1. The number of carbonyl (C=O) groups is 1. The molecule has 1 aromatic heterocycles. The van der Waals surface area contributed by atoms with Gasteiger partial charge in [-0.25, -0.2) is 0 Å². The zero-order valence-corrected chi connectivity index (χ0v) is 15.8. The Morgan fingerprint density at radius 1 is 1.14 bits per heavy atom. The van der Waals surface area contributed by atoms with E-state index in [0.29, 0.717) is 28.4 Å². The van der Waals surface area contributed by atoms with Crippen molar-refractivity contribution in [1.29, 1.82) is 0 Å². The average Bonchev–Trinajstić information content (AvgIpc) is 3.17. The average molecular weight is 394 g/mol. The predicted octanol–water partition coefficient (Wildman–Crippen LogP) is 2.84. The lowest BCUT2D eigenvalue weighted by molar-refractivity contribution is 0.102. The fraction of sp³-hybridized carbons (Fsp3) is 0.143. The number of methoxy groups -OCH3 is 1. The normalized spacial score (nSPS) is 11.9. The second-order valence-electron chi connectivity index (χ2n) is 6.43. The first-order valence-corrected chi connectivity index (χ1v) is 8.78. The van der Waals surface area contributed by atoms with Gasteiger partial charge in [0.15, 0.2) is 23.0 Å². The topological polar surface area (TPSA) is 99.0 Å². The van der Waals surface area contributed by atoms with Gasteiger partial charge >= 0.3 is 0 Å². The number of aryl methyl sites for hydroxylation is 1. The Labute approximate surface area is 165 Å². The summed E-state index contributed by atoms with van der Waals surface area (Å²) >= 11 is 0. The first-order valence-electron chi connectivity index (χ1n) is 8.78. The van der Waals surface area contributed by atoms with Gasteiger partial charge < -0.3 is 24.6 Å². The van der Waals surface area contributed by atoms with Crippen molar-refractivity contribution in [2.45, 2.75) is 6.92 Å². The predicted molar refractivity (Wildman–Crippen MR) is 106 cm³/mol. The van der Waals surface area contributed by atoms with E-state index in [1.165, 1.54) is 29.9 Å². The van der Waals surface area contributed by atoms with E-state index in [4.69, 9.17) is 14.2 Å². The van der Waals surface area contributed by atoms with E-state index in [0.717, 1.165) is 0 Å². The summed E-state index contributed by atoms with van der Waals surface area (Å²) in [5.41, 5.74) is 1.03. The van der Waals surface area contributed by atoms with Gasteiger partial charge in [-0.05, 0) is 42.8 Å². The van der Waals surface area contributed by atoms with Crippen LogP contribution in [-0.4, -0.2) is 29.5 Å². The summed E-state index contributed by atoms with van der Waals surface area (Å²) in [5.74, 6) is 0.748. The molecule has 0 saturated carbocycles. The number of hydrogen-bond donors (Lipinski definition) is 2. The Kier molecular flexibility index (Phi) is 4.59. The molecule has 3 aromatic rings. The highest BCUT2D eigenvalue weighted by molar-refractivity contribution is 6.05. The van der Waals surface area contributed by atoms with E-state index in [-0.39, 0.29) is 23.9 Å². The Morgan fingerprint density at radius 2 is 1.93 bits per heavy atom. The van der Waals surface area contributed by atoms with Crippen LogP contribution in [0.2, 0.25) is 0 Å². The van der Waals surface area contributed by atoms with Crippen molar-refractivity contribution in [2.75, 3.05) is 19.2 Å². The number of hydrogen-bond acceptors (Lipinski definition) is 6. The highest BCUT2D eigenvalue weighted by Crippen LogP contribution is 2.33. The van der Waals surface area contributed by atoms with Gasteiger partial charge in [-0.2, -0.15) is 0 Å². The van der Waals surface area contributed by atoms with Crippen LogP contribution in [0.1, 0.15) is 15.9 Å². The minimum absolute atomic E-state index is 0.0113. The summed E-state index contributed by atoms with van der Waals surface area (Å²) in [6, 6.07) is 11.2. The third kappa shape index (κ3) is 3.36. The monoisotopic (exact) mass is 394 g/mol. The number of fused-ring (bicyclic) bond motifs is 1. The van der Waals surface area contributed by atoms with Crippen molar-refractivity contribution in [3.63, 3.8) is 0 Å². The SMILES string of the molecule is COc1cc(NC(=O)c2c(C)ccn(-c3ccc4c(c3)OCO4)c2=O)ccc1O. The number of amides is 1. The third-order valence-corrected chi connectivity index (χ3v) is 4.60. The van der Waals surface area contributed by atoms with E-state index in [1.807, 2.05) is 0 Å². The molecule has 2 heterocycles. The lowest BCUT2D eigenvalue weighted by Crippen LogP contribution is -2.29. The molecule has 0 saturated heterocycles. The summed E-state index contributed by atoms with van der Waals surface area (Å²) in [5, 5.41) is 12.4. The Bertz CT molecular complexity index is 1170. The van der Waals surface area contributed by atoms with Crippen LogP contribution in [0.4, 0.5) is 5.69 Å². The molecule has 1 aliphatic heterocycles. The molecule has 0 atom stereocenters. The molecule has 8 heteroatoms. The summed E-state index contributed by atoms with van der Waals surface area (Å²) in [6.45, 7) is 1.82. The molecular weight excluding hydrogens is 376 g/mol. The van der Waals surface area contributed by atoms with Crippen molar-refractivity contribution in [3.05, 3.63) is 70.1 Å². The molecule has 0 spiro atoms. The van der Waals surface area contributed by atoms with Crippen molar-refractivity contribution >= 4 is 11.6 Å². The van der Waals surface area contributed by atoms with Crippen LogP contribution in [-0.2, 0) is 0 Å². The summed E-state index contributed by atoms with van der Waals surface area (Å²) in [6.07, 6.45) is 1.61. The maximum atomic E-state index is 13.1. The van der Waals surface area contributed by atoms with Crippen molar-refractivity contribution in [3.8, 4) is 28.7 Å². The van der Waals surface area contributed by atoms with Crippen LogP contribution in [0.5, 0.6) is 23.0 Å². The van der Waals surface area contributed by atoms with Crippen molar-refractivity contribution in [2.24, 2.45) is 0 Å². The minimum Gasteiger partial charge on any atom is -0.504 e. The quantitative estimate of drug-likeness (QED) is 0.660. The van der Waals surface area contributed by atoms with Crippen LogP contribution < -0.4 is 25.1 Å². The number of nitrogens with one attached hydrogen (secondary N) is 1. The highest BCUT2D eigenvalue weighted by atomic mass is 16.7. The molecule has 0 fully saturated rings.